The van der Waals surface area contributed by atoms with Crippen LogP contribution in [0, 0.1) is 0 Å². The molecule has 4 saturated heterocycles. The summed E-state index contributed by atoms with van der Waals surface area (Å²) in [4.78, 5) is 0. The smallest absolute Gasteiger partial charge is 0.187 e. The maximum Gasteiger partial charge on any atom is 0.187 e. The quantitative estimate of drug-likeness (QED) is 0.126. The second kappa shape index (κ2) is 13.7. The summed E-state index contributed by atoms with van der Waals surface area (Å²) >= 11 is 0. The lowest BCUT2D eigenvalue weighted by Gasteiger charge is -2.49. The molecule has 18 nitrogen and oxygen atoms in total. The van der Waals surface area contributed by atoms with Crippen molar-refractivity contribution in [3.8, 4) is 0 Å². The van der Waals surface area contributed by atoms with Crippen molar-refractivity contribution in [1.29, 1.82) is 0 Å². The van der Waals surface area contributed by atoms with Gasteiger partial charge in [0, 0.05) is 0 Å². The van der Waals surface area contributed by atoms with Gasteiger partial charge in [0.25, 0.3) is 0 Å². The minimum atomic E-state index is -1.86. The van der Waals surface area contributed by atoms with Crippen LogP contribution in [0.1, 0.15) is 20.8 Å². The molecule has 0 saturated carbocycles. The first-order valence-corrected chi connectivity index (χ1v) is 13.7. The molecule has 0 aromatic rings. The lowest BCUT2D eigenvalue weighted by molar-refractivity contribution is -0.391. The molecule has 42 heavy (non-hydrogen) atoms. The van der Waals surface area contributed by atoms with Crippen LogP contribution in [-0.2, 0) is 33.2 Å². The fraction of sp³-hybridized carbons (Fsp3) is 1.00. The first kappa shape index (κ1) is 34.2. The number of hydrogen-bond acceptors (Lipinski definition) is 18. The molecule has 0 amide bonds. The third-order valence-corrected chi connectivity index (χ3v) is 8.09. The van der Waals surface area contributed by atoms with Crippen LogP contribution < -0.4 is 0 Å². The molecule has 18 heteroatoms. The SMILES string of the molecule is C[C@@H]1O[C@@H](O[C@H]2[C@H](O[C@@H]3[C@@H](O)[C@H](C)O[C@@H](O[C@@H]4[C@@H](O)[C@@H](O)O[C@H](CO)[C@@H]4O)[C@@H]3O)O[C@@H](C)[C@H](O)[C@H]2O)[C@H](O)[C@H](O)[C@H]1O. The molecule has 4 aliphatic rings. The molecule has 0 unspecified atom stereocenters. The number of ether oxygens (including phenoxy) is 7. The van der Waals surface area contributed by atoms with E-state index in [0.717, 1.165) is 0 Å². The normalized spacial score (nSPS) is 55.9. The minimum absolute atomic E-state index is 0.735. The molecule has 0 radical (unpaired) electrons. The molecular weight excluding hydrogens is 576 g/mol. The van der Waals surface area contributed by atoms with Crippen LogP contribution in [0.3, 0.4) is 0 Å². The van der Waals surface area contributed by atoms with E-state index < -0.39 is 129 Å². The van der Waals surface area contributed by atoms with Gasteiger partial charge in [0.2, 0.25) is 0 Å². The first-order chi connectivity index (χ1) is 19.7. The summed E-state index contributed by atoms with van der Waals surface area (Å²) in [5.74, 6) is 0. The van der Waals surface area contributed by atoms with Crippen LogP contribution in [-0.4, -0.2) is 186 Å². The van der Waals surface area contributed by atoms with E-state index in [0.29, 0.717) is 0 Å². The molecule has 246 valence electrons. The van der Waals surface area contributed by atoms with Crippen molar-refractivity contribution in [2.75, 3.05) is 6.61 Å². The molecule has 20 atom stereocenters. The van der Waals surface area contributed by atoms with Crippen LogP contribution in [0.4, 0.5) is 0 Å². The van der Waals surface area contributed by atoms with E-state index in [2.05, 4.69) is 0 Å². The van der Waals surface area contributed by atoms with E-state index in [-0.39, 0.29) is 0 Å². The molecule has 4 rings (SSSR count). The van der Waals surface area contributed by atoms with Gasteiger partial charge in [0.1, 0.15) is 79.4 Å². The topological polar surface area (TPSA) is 287 Å². The van der Waals surface area contributed by atoms with Crippen LogP contribution in [0.15, 0.2) is 0 Å². The van der Waals surface area contributed by atoms with Gasteiger partial charge in [0.15, 0.2) is 25.2 Å². The van der Waals surface area contributed by atoms with Crippen LogP contribution in [0.25, 0.3) is 0 Å². The van der Waals surface area contributed by atoms with Crippen molar-refractivity contribution in [2.24, 2.45) is 0 Å². The summed E-state index contributed by atoms with van der Waals surface area (Å²) in [7, 11) is 0. The fourth-order valence-corrected chi connectivity index (χ4v) is 5.35. The lowest BCUT2D eigenvalue weighted by Crippen LogP contribution is -2.67. The van der Waals surface area contributed by atoms with Gasteiger partial charge in [-0.2, -0.15) is 0 Å². The van der Waals surface area contributed by atoms with E-state index >= 15 is 0 Å². The molecule has 0 aromatic carbocycles. The monoisotopic (exact) mass is 618 g/mol. The number of aliphatic hydroxyl groups is 11. The highest BCUT2D eigenvalue weighted by molar-refractivity contribution is 4.96. The fourth-order valence-electron chi connectivity index (χ4n) is 5.35. The molecule has 0 aliphatic carbocycles. The summed E-state index contributed by atoms with van der Waals surface area (Å²) in [6.07, 6.45) is -31.3. The number of aliphatic hydroxyl groups excluding tert-OH is 11. The molecule has 4 fully saturated rings. The summed E-state index contributed by atoms with van der Waals surface area (Å²) in [6, 6.07) is 0. The van der Waals surface area contributed by atoms with Gasteiger partial charge < -0.3 is 89.3 Å². The third kappa shape index (κ3) is 6.62. The second-order valence-electron chi connectivity index (χ2n) is 11.1. The Morgan fingerprint density at radius 3 is 1.48 bits per heavy atom. The molecule has 0 bridgehead atoms. The van der Waals surface area contributed by atoms with Crippen molar-refractivity contribution >= 4 is 0 Å². The summed E-state index contributed by atoms with van der Waals surface area (Å²) in [6.45, 7) is 3.46. The Morgan fingerprint density at radius 1 is 0.429 bits per heavy atom. The molecule has 0 aromatic heterocycles. The molecule has 11 N–H and O–H groups in total. The predicted molar refractivity (Wildman–Crippen MR) is 130 cm³/mol. The highest BCUT2D eigenvalue weighted by Gasteiger charge is 2.54. The summed E-state index contributed by atoms with van der Waals surface area (Å²) in [5.41, 5.74) is 0. The van der Waals surface area contributed by atoms with Crippen LogP contribution >= 0.6 is 0 Å². The van der Waals surface area contributed by atoms with E-state index in [9.17, 15) is 56.2 Å². The van der Waals surface area contributed by atoms with Crippen molar-refractivity contribution in [1.82, 2.24) is 0 Å². The Labute approximate surface area is 240 Å². The largest absolute Gasteiger partial charge is 0.394 e. The first-order valence-electron chi connectivity index (χ1n) is 13.7. The molecule has 4 heterocycles. The number of rotatable bonds is 7. The van der Waals surface area contributed by atoms with Gasteiger partial charge >= 0.3 is 0 Å². The van der Waals surface area contributed by atoms with Gasteiger partial charge in [-0.1, -0.05) is 0 Å². The van der Waals surface area contributed by atoms with E-state index in [1.807, 2.05) is 0 Å². The average Bonchev–Trinajstić information content (AvgIpc) is 2.95. The minimum Gasteiger partial charge on any atom is -0.394 e. The molecule has 4 aliphatic heterocycles. The van der Waals surface area contributed by atoms with E-state index in [1.54, 1.807) is 0 Å². The maximum atomic E-state index is 11.1. The standard InChI is InChI=1S/C24H42O18/c1-5-9(26)13(30)15(32)22(36-5)42-20-14(31)10(27)6(2)38-24(20)41-18-11(28)7(3)37-23(17(18)34)40-19-12(29)8(4-25)39-21(35)16(19)33/h5-35H,4H2,1-3H3/t5-,6-,7-,8+,9-,10-,11-,12-,13+,14+,15+,16+,17+,18+,19-,20+,21-,22-,23-,24-/m0/s1. The molecular formula is C24H42O18. The Bertz CT molecular complexity index is 869. The van der Waals surface area contributed by atoms with Gasteiger partial charge in [-0.05, 0) is 20.8 Å². The highest BCUT2D eigenvalue weighted by Crippen LogP contribution is 2.34. The van der Waals surface area contributed by atoms with Crippen molar-refractivity contribution in [3.63, 3.8) is 0 Å². The maximum absolute atomic E-state index is 11.1. The zero-order valence-corrected chi connectivity index (χ0v) is 23.0. The zero-order valence-electron chi connectivity index (χ0n) is 23.0. The Kier molecular flexibility index (Phi) is 11.2. The van der Waals surface area contributed by atoms with E-state index in [1.165, 1.54) is 20.8 Å². The van der Waals surface area contributed by atoms with Crippen molar-refractivity contribution in [2.45, 2.75) is 144 Å². The Balaban J connectivity index is 1.53. The van der Waals surface area contributed by atoms with Gasteiger partial charge in [-0.3, -0.25) is 0 Å². The average molecular weight is 619 g/mol. The third-order valence-electron chi connectivity index (χ3n) is 8.09. The van der Waals surface area contributed by atoms with Crippen molar-refractivity contribution in [3.05, 3.63) is 0 Å². The highest BCUT2D eigenvalue weighted by atomic mass is 16.8. The van der Waals surface area contributed by atoms with Crippen LogP contribution in [0.2, 0.25) is 0 Å². The van der Waals surface area contributed by atoms with Crippen LogP contribution in [0.5, 0.6) is 0 Å². The summed E-state index contributed by atoms with van der Waals surface area (Å²) < 4.78 is 38.6. The molecule has 0 spiro atoms. The summed E-state index contributed by atoms with van der Waals surface area (Å²) in [5, 5.41) is 114. The Morgan fingerprint density at radius 2 is 0.881 bits per heavy atom. The second-order valence-corrected chi connectivity index (χ2v) is 11.1. The van der Waals surface area contributed by atoms with Gasteiger partial charge in [-0.25, -0.2) is 0 Å². The van der Waals surface area contributed by atoms with E-state index in [4.69, 9.17) is 33.2 Å². The van der Waals surface area contributed by atoms with Gasteiger partial charge in [-0.15, -0.1) is 0 Å². The van der Waals surface area contributed by atoms with Crippen molar-refractivity contribution < 1.29 is 89.3 Å². The number of hydrogen-bond donors (Lipinski definition) is 11. The van der Waals surface area contributed by atoms with Gasteiger partial charge in [0.05, 0.1) is 24.9 Å². The predicted octanol–water partition coefficient (Wildman–Crippen LogP) is -6.67. The Hall–Kier alpha value is -0.720. The zero-order chi connectivity index (χ0) is 31.2. The lowest BCUT2D eigenvalue weighted by atomic mass is 9.96.